The molecule has 5 nitrogen and oxygen atoms in total. The van der Waals surface area contributed by atoms with Gasteiger partial charge in [0.15, 0.2) is 15.7 Å². The van der Waals surface area contributed by atoms with E-state index >= 15 is 0 Å². The molecule has 0 amide bonds. The number of fused-ring (bicyclic) bond motifs is 1. The minimum absolute atomic E-state index is 0.178. The minimum Gasteiger partial charge on any atom is -0.296 e. The largest absolute Gasteiger partial charge is 0.296 e. The molecule has 0 aliphatic rings. The number of pyridine rings is 1. The van der Waals surface area contributed by atoms with Gasteiger partial charge in [-0.2, -0.15) is 0 Å². The number of nitrogens with zero attached hydrogens (tertiary/aromatic N) is 2. The van der Waals surface area contributed by atoms with Crippen LogP contribution in [0.5, 0.6) is 0 Å². The topological polar surface area (TPSA) is 68.5 Å². The number of aromatic nitrogens is 2. The average Bonchev–Trinajstić information content (AvgIpc) is 3.07. The lowest BCUT2D eigenvalue weighted by Crippen LogP contribution is -2.07. The fraction of sp³-hybridized carbons (Fsp3) is 0.0476. The zero-order chi connectivity index (χ0) is 19.0. The standard InChI is InChI=1S/C21H16N2O3S/c1-27(25,26)17-12-10-16(11-13-17)20(24)21-22-19(15-7-3-2-4-8-15)18-9-5-6-14-23(18)21/h2-14H,1H3. The van der Waals surface area contributed by atoms with Gasteiger partial charge in [0.2, 0.25) is 5.78 Å². The maximum atomic E-state index is 13.0. The van der Waals surface area contributed by atoms with E-state index in [-0.39, 0.29) is 16.5 Å². The van der Waals surface area contributed by atoms with Crippen molar-refractivity contribution in [3.05, 3.63) is 90.4 Å². The summed E-state index contributed by atoms with van der Waals surface area (Å²) in [7, 11) is -3.31. The highest BCUT2D eigenvalue weighted by Gasteiger charge is 2.20. The number of sulfone groups is 1. The van der Waals surface area contributed by atoms with E-state index < -0.39 is 9.84 Å². The molecule has 2 aromatic carbocycles. The van der Waals surface area contributed by atoms with Gasteiger partial charge >= 0.3 is 0 Å². The summed E-state index contributed by atoms with van der Waals surface area (Å²) < 4.78 is 25.0. The summed E-state index contributed by atoms with van der Waals surface area (Å²) in [6.45, 7) is 0. The molecule has 0 aliphatic carbocycles. The van der Waals surface area contributed by atoms with Crippen molar-refractivity contribution in [3.8, 4) is 11.3 Å². The summed E-state index contributed by atoms with van der Waals surface area (Å²) in [6, 6.07) is 21.3. The van der Waals surface area contributed by atoms with Crippen molar-refractivity contribution >= 4 is 21.1 Å². The van der Waals surface area contributed by atoms with Crippen LogP contribution in [0.3, 0.4) is 0 Å². The third-order valence-corrected chi connectivity index (χ3v) is 5.47. The molecule has 0 atom stereocenters. The second-order valence-corrected chi connectivity index (χ2v) is 8.25. The maximum absolute atomic E-state index is 13.0. The van der Waals surface area contributed by atoms with E-state index in [4.69, 9.17) is 0 Å². The Hall–Kier alpha value is -3.25. The highest BCUT2D eigenvalue weighted by Crippen LogP contribution is 2.26. The highest BCUT2D eigenvalue weighted by molar-refractivity contribution is 7.90. The zero-order valence-electron chi connectivity index (χ0n) is 14.5. The van der Waals surface area contributed by atoms with Gasteiger partial charge < -0.3 is 0 Å². The van der Waals surface area contributed by atoms with E-state index in [1.807, 2.05) is 48.5 Å². The van der Waals surface area contributed by atoms with Gasteiger partial charge in [-0.05, 0) is 36.4 Å². The summed E-state index contributed by atoms with van der Waals surface area (Å²) in [5.74, 6) is 0.0231. The molecular formula is C21H16N2O3S. The van der Waals surface area contributed by atoms with Gasteiger partial charge in [-0.1, -0.05) is 36.4 Å². The Labute approximate surface area is 156 Å². The summed E-state index contributed by atoms with van der Waals surface area (Å²) >= 11 is 0. The van der Waals surface area contributed by atoms with Gasteiger partial charge in [0.1, 0.15) is 0 Å². The van der Waals surface area contributed by atoms with Crippen LogP contribution < -0.4 is 0 Å². The SMILES string of the molecule is CS(=O)(=O)c1ccc(C(=O)c2nc(-c3ccccc3)c3ccccn23)cc1. The van der Waals surface area contributed by atoms with Crippen LogP contribution in [0.25, 0.3) is 16.8 Å². The molecule has 0 fully saturated rings. The molecule has 4 rings (SSSR count). The molecule has 2 aromatic heterocycles. The number of rotatable bonds is 4. The lowest BCUT2D eigenvalue weighted by molar-refractivity contribution is 0.102. The average molecular weight is 376 g/mol. The summed E-state index contributed by atoms with van der Waals surface area (Å²) in [5, 5.41) is 0. The second-order valence-electron chi connectivity index (χ2n) is 6.23. The quantitative estimate of drug-likeness (QED) is 0.510. The number of imidazole rings is 1. The predicted molar refractivity (Wildman–Crippen MR) is 104 cm³/mol. The Morgan fingerprint density at radius 3 is 2.22 bits per heavy atom. The Morgan fingerprint density at radius 1 is 0.889 bits per heavy atom. The minimum atomic E-state index is -3.31. The van der Waals surface area contributed by atoms with E-state index in [9.17, 15) is 13.2 Å². The van der Waals surface area contributed by atoms with Crippen LogP contribution in [0.1, 0.15) is 16.2 Å². The number of ketones is 1. The van der Waals surface area contributed by atoms with Gasteiger partial charge in [0.25, 0.3) is 0 Å². The normalized spacial score (nSPS) is 11.6. The molecule has 0 saturated heterocycles. The molecule has 0 bridgehead atoms. The van der Waals surface area contributed by atoms with Gasteiger partial charge in [-0.25, -0.2) is 13.4 Å². The first kappa shape index (κ1) is 17.2. The fourth-order valence-corrected chi connectivity index (χ4v) is 3.62. The molecule has 0 aliphatic heterocycles. The Morgan fingerprint density at radius 2 is 1.56 bits per heavy atom. The fourth-order valence-electron chi connectivity index (χ4n) is 2.99. The number of benzene rings is 2. The first-order valence-corrected chi connectivity index (χ1v) is 10.2. The van der Waals surface area contributed by atoms with E-state index in [1.165, 1.54) is 24.3 Å². The number of hydrogen-bond acceptors (Lipinski definition) is 4. The monoisotopic (exact) mass is 376 g/mol. The van der Waals surface area contributed by atoms with Gasteiger partial charge in [0, 0.05) is 23.6 Å². The Bertz CT molecular complexity index is 1240. The van der Waals surface area contributed by atoms with E-state index in [1.54, 1.807) is 10.6 Å². The third-order valence-electron chi connectivity index (χ3n) is 4.34. The van der Waals surface area contributed by atoms with Crippen LogP contribution in [0.15, 0.2) is 83.9 Å². The van der Waals surface area contributed by atoms with Crippen molar-refractivity contribution in [3.63, 3.8) is 0 Å². The van der Waals surface area contributed by atoms with E-state index in [0.717, 1.165) is 23.0 Å². The lowest BCUT2D eigenvalue weighted by atomic mass is 10.1. The van der Waals surface area contributed by atoms with Crippen molar-refractivity contribution in [2.24, 2.45) is 0 Å². The third kappa shape index (κ3) is 3.15. The summed E-state index contributed by atoms with van der Waals surface area (Å²) in [6.07, 6.45) is 2.94. The van der Waals surface area contributed by atoms with Crippen LogP contribution >= 0.6 is 0 Å². The molecule has 2 heterocycles. The van der Waals surface area contributed by atoms with Crippen molar-refractivity contribution < 1.29 is 13.2 Å². The van der Waals surface area contributed by atoms with Crippen molar-refractivity contribution in [1.82, 2.24) is 9.38 Å². The summed E-state index contributed by atoms with van der Waals surface area (Å²) in [4.78, 5) is 17.8. The first-order chi connectivity index (χ1) is 12.9. The molecule has 0 radical (unpaired) electrons. The van der Waals surface area contributed by atoms with Gasteiger partial charge in [-0.3, -0.25) is 9.20 Å². The number of carbonyl (C=O) groups is 1. The van der Waals surface area contributed by atoms with Crippen LogP contribution in [-0.4, -0.2) is 29.8 Å². The van der Waals surface area contributed by atoms with Crippen LogP contribution in [0, 0.1) is 0 Å². The maximum Gasteiger partial charge on any atom is 0.228 e. The van der Waals surface area contributed by atoms with Crippen molar-refractivity contribution in [2.75, 3.05) is 6.26 Å². The molecule has 27 heavy (non-hydrogen) atoms. The molecule has 0 saturated carbocycles. The smallest absolute Gasteiger partial charge is 0.228 e. The van der Waals surface area contributed by atoms with Crippen molar-refractivity contribution in [2.45, 2.75) is 4.90 Å². The molecule has 6 heteroatoms. The Kier molecular flexibility index (Phi) is 4.12. The molecule has 4 aromatic rings. The highest BCUT2D eigenvalue weighted by atomic mass is 32.2. The lowest BCUT2D eigenvalue weighted by Gasteiger charge is -2.02. The number of carbonyl (C=O) groups excluding carboxylic acids is 1. The molecule has 0 N–H and O–H groups in total. The second kappa shape index (κ2) is 6.48. The molecule has 134 valence electrons. The van der Waals surface area contributed by atoms with Gasteiger partial charge in [-0.15, -0.1) is 0 Å². The van der Waals surface area contributed by atoms with E-state index in [0.29, 0.717) is 5.56 Å². The molecule has 0 unspecified atom stereocenters. The first-order valence-electron chi connectivity index (χ1n) is 8.32. The van der Waals surface area contributed by atoms with Crippen LogP contribution in [-0.2, 0) is 9.84 Å². The van der Waals surface area contributed by atoms with Crippen LogP contribution in [0.2, 0.25) is 0 Å². The predicted octanol–water partition coefficient (Wildman–Crippen LogP) is 3.64. The van der Waals surface area contributed by atoms with E-state index in [2.05, 4.69) is 4.98 Å². The molecular weight excluding hydrogens is 360 g/mol. The van der Waals surface area contributed by atoms with Gasteiger partial charge in [0.05, 0.1) is 16.1 Å². The molecule has 0 spiro atoms. The van der Waals surface area contributed by atoms with Crippen LogP contribution in [0.4, 0.5) is 0 Å². The zero-order valence-corrected chi connectivity index (χ0v) is 15.3. The Balaban J connectivity index is 1.83. The summed E-state index contributed by atoms with van der Waals surface area (Å²) in [5.41, 5.74) is 2.87. The van der Waals surface area contributed by atoms with Crippen molar-refractivity contribution in [1.29, 1.82) is 0 Å². The number of hydrogen-bond donors (Lipinski definition) is 0.